The Labute approximate surface area is 97.7 Å². The van der Waals surface area contributed by atoms with Gasteiger partial charge < -0.3 is 9.47 Å². The number of nitrogens with zero attached hydrogens (tertiary/aromatic N) is 1. The molecule has 0 radical (unpaired) electrons. The molecule has 0 aliphatic heterocycles. The van der Waals surface area contributed by atoms with Crippen LogP contribution in [-0.2, 0) is 9.53 Å². The summed E-state index contributed by atoms with van der Waals surface area (Å²) in [4.78, 5) is 22.0. The van der Waals surface area contributed by atoms with Crippen LogP contribution in [0.4, 0.5) is 10.5 Å². The van der Waals surface area contributed by atoms with E-state index in [1.807, 2.05) is 0 Å². The van der Waals surface area contributed by atoms with Crippen molar-refractivity contribution < 1.29 is 19.1 Å². The first-order chi connectivity index (χ1) is 8.15. The Morgan fingerprint density at radius 2 is 2.24 bits per heavy atom. The van der Waals surface area contributed by atoms with Gasteiger partial charge in [-0.3, -0.25) is 10.1 Å². The van der Waals surface area contributed by atoms with Crippen molar-refractivity contribution in [3.05, 3.63) is 24.3 Å². The third-order valence-electron chi connectivity index (χ3n) is 1.75. The summed E-state index contributed by atoms with van der Waals surface area (Å²) >= 11 is 0. The monoisotopic (exact) mass is 234 g/mol. The number of nitriles is 1. The summed E-state index contributed by atoms with van der Waals surface area (Å²) in [5.41, 5.74) is 0.430. The summed E-state index contributed by atoms with van der Waals surface area (Å²) in [7, 11) is 1.49. The molecule has 0 aliphatic carbocycles. The van der Waals surface area contributed by atoms with Crippen LogP contribution in [0.1, 0.15) is 6.42 Å². The van der Waals surface area contributed by atoms with Crippen LogP contribution in [0.3, 0.4) is 0 Å². The fraction of sp³-hybridized carbons (Fsp3) is 0.182. The minimum atomic E-state index is -0.932. The maximum absolute atomic E-state index is 11.2. The molecule has 0 aliphatic rings. The summed E-state index contributed by atoms with van der Waals surface area (Å²) in [6.07, 6.45) is -1.40. The zero-order valence-corrected chi connectivity index (χ0v) is 9.10. The quantitative estimate of drug-likeness (QED) is 0.635. The van der Waals surface area contributed by atoms with Gasteiger partial charge in [0.05, 0.1) is 13.2 Å². The molecule has 0 fully saturated rings. The second-order valence-corrected chi connectivity index (χ2v) is 2.95. The van der Waals surface area contributed by atoms with Gasteiger partial charge in [0.25, 0.3) is 0 Å². The number of ether oxygens (including phenoxy) is 2. The molecule has 6 heteroatoms. The van der Waals surface area contributed by atoms with Crippen molar-refractivity contribution in [2.75, 3.05) is 12.4 Å². The van der Waals surface area contributed by atoms with Crippen LogP contribution >= 0.6 is 0 Å². The molecule has 0 saturated heterocycles. The zero-order valence-electron chi connectivity index (χ0n) is 9.10. The molecule has 0 spiro atoms. The molecular formula is C11H10N2O4. The first-order valence-electron chi connectivity index (χ1n) is 4.68. The van der Waals surface area contributed by atoms with Gasteiger partial charge in [-0.1, -0.05) is 6.07 Å². The van der Waals surface area contributed by atoms with Gasteiger partial charge in [-0.25, -0.2) is 4.79 Å². The summed E-state index contributed by atoms with van der Waals surface area (Å²) in [5, 5.41) is 10.5. The predicted molar refractivity (Wildman–Crippen MR) is 58.3 cm³/mol. The molecule has 88 valence electrons. The lowest BCUT2D eigenvalue weighted by molar-refractivity contribution is -0.135. The van der Waals surface area contributed by atoms with Crippen LogP contribution in [0.2, 0.25) is 0 Å². The molecule has 0 heterocycles. The van der Waals surface area contributed by atoms with Crippen LogP contribution in [0.5, 0.6) is 5.75 Å². The topological polar surface area (TPSA) is 88.4 Å². The highest BCUT2D eigenvalue weighted by atomic mass is 16.6. The fourth-order valence-corrected chi connectivity index (χ4v) is 1.05. The van der Waals surface area contributed by atoms with Crippen LogP contribution in [-0.4, -0.2) is 19.2 Å². The van der Waals surface area contributed by atoms with Crippen molar-refractivity contribution >= 4 is 17.7 Å². The highest BCUT2D eigenvalue weighted by Gasteiger charge is 2.10. The Kier molecular flexibility index (Phi) is 4.51. The second-order valence-electron chi connectivity index (χ2n) is 2.95. The summed E-state index contributed by atoms with van der Waals surface area (Å²) < 4.78 is 9.27. The van der Waals surface area contributed by atoms with Gasteiger partial charge in [-0.15, -0.1) is 0 Å². The molecule has 1 rings (SSSR count). The molecule has 0 saturated carbocycles. The van der Waals surface area contributed by atoms with Crippen LogP contribution in [0.25, 0.3) is 0 Å². The molecule has 0 aromatic heterocycles. The zero-order chi connectivity index (χ0) is 12.7. The number of methoxy groups -OCH3 is 1. The van der Waals surface area contributed by atoms with Gasteiger partial charge in [-0.2, -0.15) is 5.26 Å². The number of carbonyl (C=O) groups excluding carboxylic acids is 2. The van der Waals surface area contributed by atoms with Gasteiger partial charge in [-0.05, 0) is 12.1 Å². The average Bonchev–Trinajstić information content (AvgIpc) is 2.29. The normalized spacial score (nSPS) is 8.94. The third-order valence-corrected chi connectivity index (χ3v) is 1.75. The Hall–Kier alpha value is -2.55. The number of amides is 1. The number of anilines is 1. The first-order valence-corrected chi connectivity index (χ1v) is 4.68. The van der Waals surface area contributed by atoms with E-state index >= 15 is 0 Å². The number of esters is 1. The molecule has 0 atom stereocenters. The molecular weight excluding hydrogens is 224 g/mol. The lowest BCUT2D eigenvalue weighted by Crippen LogP contribution is -2.17. The number of rotatable bonds is 3. The number of benzene rings is 1. The van der Waals surface area contributed by atoms with Gasteiger partial charge in [0.1, 0.15) is 12.2 Å². The summed E-state index contributed by atoms with van der Waals surface area (Å²) in [6, 6.07) is 8.13. The van der Waals surface area contributed by atoms with Gasteiger partial charge in [0, 0.05) is 11.8 Å². The molecule has 17 heavy (non-hydrogen) atoms. The highest BCUT2D eigenvalue weighted by Crippen LogP contribution is 2.16. The van der Waals surface area contributed by atoms with E-state index in [-0.39, 0.29) is 0 Å². The van der Waals surface area contributed by atoms with E-state index in [9.17, 15) is 9.59 Å². The standard InChI is InChI=1S/C11H10N2O4/c1-16-9-4-2-3-8(7-9)13-11(15)17-10(14)5-6-12/h2-4,7H,5H2,1H3,(H,13,15). The number of hydrogen-bond donors (Lipinski definition) is 1. The maximum Gasteiger partial charge on any atom is 0.419 e. The van der Waals surface area contributed by atoms with Gasteiger partial charge >= 0.3 is 12.1 Å². The lowest BCUT2D eigenvalue weighted by Gasteiger charge is -2.05. The van der Waals surface area contributed by atoms with Crippen LogP contribution < -0.4 is 10.1 Å². The van der Waals surface area contributed by atoms with E-state index in [0.29, 0.717) is 11.4 Å². The first kappa shape index (κ1) is 12.5. The molecule has 0 bridgehead atoms. The van der Waals surface area contributed by atoms with Crippen LogP contribution in [0.15, 0.2) is 24.3 Å². The molecule has 1 amide bonds. The predicted octanol–water partition coefficient (Wildman–Crippen LogP) is 1.68. The minimum Gasteiger partial charge on any atom is -0.497 e. The highest BCUT2D eigenvalue weighted by molar-refractivity contribution is 5.93. The Morgan fingerprint density at radius 3 is 2.88 bits per heavy atom. The van der Waals surface area contributed by atoms with Gasteiger partial charge in [0.15, 0.2) is 0 Å². The van der Waals surface area contributed by atoms with E-state index in [4.69, 9.17) is 10.00 Å². The third kappa shape index (κ3) is 4.22. The van der Waals surface area contributed by atoms with Crippen molar-refractivity contribution in [3.8, 4) is 11.8 Å². The smallest absolute Gasteiger partial charge is 0.419 e. The van der Waals surface area contributed by atoms with E-state index in [1.54, 1.807) is 30.3 Å². The molecule has 1 aromatic carbocycles. The molecule has 6 nitrogen and oxygen atoms in total. The van der Waals surface area contributed by atoms with Crippen molar-refractivity contribution in [1.82, 2.24) is 0 Å². The lowest BCUT2D eigenvalue weighted by atomic mass is 10.3. The maximum atomic E-state index is 11.2. The van der Waals surface area contributed by atoms with E-state index in [0.717, 1.165) is 0 Å². The minimum absolute atomic E-state index is 0.430. The van der Waals surface area contributed by atoms with Crippen LogP contribution in [0, 0.1) is 11.3 Å². The Bertz CT molecular complexity index is 465. The summed E-state index contributed by atoms with van der Waals surface area (Å²) in [5.74, 6) is -0.334. The molecule has 1 aromatic rings. The Balaban J connectivity index is 2.56. The number of nitrogens with one attached hydrogen (secondary N) is 1. The largest absolute Gasteiger partial charge is 0.497 e. The van der Waals surface area contributed by atoms with E-state index < -0.39 is 18.5 Å². The summed E-state index contributed by atoms with van der Waals surface area (Å²) in [6.45, 7) is 0. The van der Waals surface area contributed by atoms with E-state index in [2.05, 4.69) is 10.1 Å². The van der Waals surface area contributed by atoms with Crippen molar-refractivity contribution in [3.63, 3.8) is 0 Å². The Morgan fingerprint density at radius 1 is 1.47 bits per heavy atom. The molecule has 0 unspecified atom stereocenters. The SMILES string of the molecule is COc1cccc(NC(=O)OC(=O)CC#N)c1. The van der Waals surface area contributed by atoms with Crippen molar-refractivity contribution in [2.24, 2.45) is 0 Å². The second kappa shape index (κ2) is 6.12. The van der Waals surface area contributed by atoms with Crippen molar-refractivity contribution in [1.29, 1.82) is 5.26 Å². The van der Waals surface area contributed by atoms with Crippen molar-refractivity contribution in [2.45, 2.75) is 6.42 Å². The fourth-order valence-electron chi connectivity index (χ4n) is 1.05. The number of hydrogen-bond acceptors (Lipinski definition) is 5. The van der Waals surface area contributed by atoms with Gasteiger partial charge in [0.2, 0.25) is 0 Å². The average molecular weight is 234 g/mol. The molecule has 1 N–H and O–H groups in total. The van der Waals surface area contributed by atoms with E-state index in [1.165, 1.54) is 7.11 Å². The number of carbonyl (C=O) groups is 2.